The molecule has 0 aliphatic carbocycles. The summed E-state index contributed by atoms with van der Waals surface area (Å²) in [6.45, 7) is 6.50. The number of methoxy groups -OCH3 is 1. The minimum Gasteiger partial charge on any atom is -0.497 e. The number of urea groups is 1. The Labute approximate surface area is 202 Å². The van der Waals surface area contributed by atoms with Crippen molar-refractivity contribution >= 4 is 11.9 Å². The molecule has 2 fully saturated rings. The molecular weight excluding hydrogens is 428 g/mol. The average Bonchev–Trinajstić information content (AvgIpc) is 3.13. The molecule has 0 radical (unpaired) electrons. The molecule has 2 aliphatic heterocycles. The number of ether oxygens (including phenoxy) is 1. The van der Waals surface area contributed by atoms with Crippen molar-refractivity contribution in [3.63, 3.8) is 0 Å². The molecule has 1 aromatic carbocycles. The van der Waals surface area contributed by atoms with Crippen molar-refractivity contribution in [2.75, 3.05) is 26.7 Å². The van der Waals surface area contributed by atoms with E-state index < -0.39 is 5.54 Å². The van der Waals surface area contributed by atoms with Gasteiger partial charge in [0, 0.05) is 30.9 Å². The van der Waals surface area contributed by atoms with Crippen molar-refractivity contribution < 1.29 is 14.3 Å². The second-order valence-corrected chi connectivity index (χ2v) is 9.49. The smallest absolute Gasteiger partial charge is 0.325 e. The second kappa shape index (κ2) is 10.6. The topological polar surface area (TPSA) is 74.8 Å². The van der Waals surface area contributed by atoms with E-state index in [1.807, 2.05) is 49.5 Å². The van der Waals surface area contributed by atoms with E-state index in [0.29, 0.717) is 25.4 Å². The highest BCUT2D eigenvalue weighted by Gasteiger charge is 2.54. The van der Waals surface area contributed by atoms with Crippen LogP contribution in [0.5, 0.6) is 5.75 Å². The van der Waals surface area contributed by atoms with Gasteiger partial charge in [-0.2, -0.15) is 0 Å². The predicted molar refractivity (Wildman–Crippen MR) is 132 cm³/mol. The molecule has 34 heavy (non-hydrogen) atoms. The van der Waals surface area contributed by atoms with Crippen LogP contribution in [0.15, 0.2) is 48.7 Å². The van der Waals surface area contributed by atoms with Gasteiger partial charge < -0.3 is 15.0 Å². The van der Waals surface area contributed by atoms with Crippen LogP contribution in [-0.4, -0.2) is 65.0 Å². The van der Waals surface area contributed by atoms with Crippen molar-refractivity contribution in [2.24, 2.45) is 5.92 Å². The van der Waals surface area contributed by atoms with Crippen LogP contribution in [0.2, 0.25) is 0 Å². The van der Waals surface area contributed by atoms with Gasteiger partial charge in [-0.1, -0.05) is 25.1 Å². The maximum absolute atomic E-state index is 13.5. The normalized spacial score (nSPS) is 22.6. The summed E-state index contributed by atoms with van der Waals surface area (Å²) in [6.07, 6.45) is 5.81. The zero-order valence-electron chi connectivity index (χ0n) is 20.5. The molecular formula is C27H36N4O3. The Morgan fingerprint density at radius 2 is 1.88 bits per heavy atom. The van der Waals surface area contributed by atoms with Gasteiger partial charge in [0.15, 0.2) is 0 Å². The maximum atomic E-state index is 13.5. The van der Waals surface area contributed by atoms with Crippen molar-refractivity contribution in [3.05, 3.63) is 59.9 Å². The Kier molecular flexibility index (Phi) is 7.51. The van der Waals surface area contributed by atoms with Gasteiger partial charge in [-0.15, -0.1) is 0 Å². The highest BCUT2D eigenvalue weighted by molar-refractivity contribution is 6.07. The number of nitrogens with one attached hydrogen (secondary N) is 1. The number of carbonyl (C=O) groups excluding carboxylic acids is 2. The van der Waals surface area contributed by atoms with E-state index in [0.717, 1.165) is 49.4 Å². The van der Waals surface area contributed by atoms with E-state index in [1.54, 1.807) is 7.11 Å². The fraction of sp³-hybridized carbons (Fsp3) is 0.519. The molecule has 3 heterocycles. The lowest BCUT2D eigenvalue weighted by Crippen LogP contribution is -2.56. The van der Waals surface area contributed by atoms with Crippen molar-refractivity contribution in [1.29, 1.82) is 0 Å². The molecule has 2 aliphatic rings. The summed E-state index contributed by atoms with van der Waals surface area (Å²) in [5.41, 5.74) is 1.39. The lowest BCUT2D eigenvalue weighted by Gasteiger charge is -2.42. The van der Waals surface area contributed by atoms with Gasteiger partial charge in [0.1, 0.15) is 11.3 Å². The number of carbonyl (C=O) groups is 2. The third kappa shape index (κ3) is 4.94. The minimum absolute atomic E-state index is 0.0616. The first-order valence-electron chi connectivity index (χ1n) is 12.4. The number of amides is 3. The predicted octanol–water partition coefficient (Wildman–Crippen LogP) is 3.68. The maximum Gasteiger partial charge on any atom is 0.325 e. The Morgan fingerprint density at radius 1 is 1.15 bits per heavy atom. The summed E-state index contributed by atoms with van der Waals surface area (Å²) in [4.78, 5) is 34.8. The minimum atomic E-state index is -0.784. The summed E-state index contributed by atoms with van der Waals surface area (Å²) in [7, 11) is 1.64. The van der Waals surface area contributed by atoms with Crippen LogP contribution in [0.3, 0.4) is 0 Å². The second-order valence-electron chi connectivity index (χ2n) is 9.49. The first-order valence-corrected chi connectivity index (χ1v) is 12.4. The summed E-state index contributed by atoms with van der Waals surface area (Å²) >= 11 is 0. The van der Waals surface area contributed by atoms with E-state index in [2.05, 4.69) is 28.2 Å². The quantitative estimate of drug-likeness (QED) is 0.573. The van der Waals surface area contributed by atoms with Gasteiger partial charge in [0.05, 0.1) is 7.11 Å². The highest BCUT2D eigenvalue weighted by Crippen LogP contribution is 2.36. The first kappa shape index (κ1) is 24.2. The number of nitrogens with zero attached hydrogens (tertiary/aromatic N) is 3. The van der Waals surface area contributed by atoms with E-state index in [-0.39, 0.29) is 17.9 Å². The van der Waals surface area contributed by atoms with Crippen LogP contribution in [0.4, 0.5) is 4.79 Å². The van der Waals surface area contributed by atoms with Gasteiger partial charge in [-0.3, -0.25) is 14.7 Å². The van der Waals surface area contributed by atoms with Crippen LogP contribution < -0.4 is 10.1 Å². The summed E-state index contributed by atoms with van der Waals surface area (Å²) in [6, 6.07) is 13.9. The van der Waals surface area contributed by atoms with Gasteiger partial charge in [-0.25, -0.2) is 4.79 Å². The molecule has 0 spiro atoms. The number of piperidine rings is 1. The number of hydrogen-bond donors (Lipinski definition) is 1. The molecule has 182 valence electrons. The molecule has 1 N–H and O–H groups in total. The van der Waals surface area contributed by atoms with Gasteiger partial charge in [0.25, 0.3) is 5.91 Å². The number of rotatable bonds is 9. The van der Waals surface area contributed by atoms with Crippen LogP contribution in [0.25, 0.3) is 0 Å². The Morgan fingerprint density at radius 3 is 2.50 bits per heavy atom. The molecule has 2 atom stereocenters. The van der Waals surface area contributed by atoms with Gasteiger partial charge in [-0.05, 0) is 81.4 Å². The van der Waals surface area contributed by atoms with Crippen LogP contribution >= 0.6 is 0 Å². The molecule has 1 aromatic heterocycles. The van der Waals surface area contributed by atoms with Crippen molar-refractivity contribution in [2.45, 2.75) is 57.5 Å². The number of hydrogen-bond acceptors (Lipinski definition) is 5. The SMILES string of the molecule is CC[C@]1(C2CCN([C@H](C)Cc3ccccn3)CC2)NC(=O)N(CCc2ccc(OC)cc2)C1=O. The Bertz CT molecular complexity index is 973. The van der Waals surface area contributed by atoms with E-state index >= 15 is 0 Å². The summed E-state index contributed by atoms with van der Waals surface area (Å²) < 4.78 is 5.21. The number of aromatic nitrogens is 1. The molecule has 7 heteroatoms. The van der Waals surface area contributed by atoms with Gasteiger partial charge >= 0.3 is 6.03 Å². The fourth-order valence-electron chi connectivity index (χ4n) is 5.47. The van der Waals surface area contributed by atoms with Crippen LogP contribution in [0, 0.1) is 5.92 Å². The van der Waals surface area contributed by atoms with Crippen molar-refractivity contribution in [1.82, 2.24) is 20.1 Å². The fourth-order valence-corrected chi connectivity index (χ4v) is 5.47. The molecule has 3 amide bonds. The lowest BCUT2D eigenvalue weighted by atomic mass is 9.75. The van der Waals surface area contributed by atoms with Crippen molar-refractivity contribution in [3.8, 4) is 5.75 Å². The summed E-state index contributed by atoms with van der Waals surface area (Å²) in [5, 5.41) is 3.11. The van der Waals surface area contributed by atoms with Gasteiger partial charge in [0.2, 0.25) is 0 Å². The largest absolute Gasteiger partial charge is 0.497 e. The molecule has 2 saturated heterocycles. The molecule has 0 saturated carbocycles. The Hall–Kier alpha value is -2.93. The molecule has 7 nitrogen and oxygen atoms in total. The third-order valence-electron chi connectivity index (χ3n) is 7.62. The monoisotopic (exact) mass is 464 g/mol. The molecule has 4 rings (SSSR count). The summed E-state index contributed by atoms with van der Waals surface area (Å²) in [5.74, 6) is 0.885. The average molecular weight is 465 g/mol. The zero-order chi connectivity index (χ0) is 24.1. The number of pyridine rings is 1. The van der Waals surface area contributed by atoms with Crippen LogP contribution in [-0.2, 0) is 17.6 Å². The molecule has 0 bridgehead atoms. The first-order chi connectivity index (χ1) is 16.5. The van der Waals surface area contributed by atoms with E-state index in [4.69, 9.17) is 4.74 Å². The zero-order valence-corrected chi connectivity index (χ0v) is 20.5. The highest BCUT2D eigenvalue weighted by atomic mass is 16.5. The molecule has 0 unspecified atom stereocenters. The number of likely N-dealkylation sites (tertiary alicyclic amines) is 1. The van der Waals surface area contributed by atoms with Crippen LogP contribution in [0.1, 0.15) is 44.4 Å². The lowest BCUT2D eigenvalue weighted by molar-refractivity contribution is -0.134. The molecule has 2 aromatic rings. The Balaban J connectivity index is 1.36. The third-order valence-corrected chi connectivity index (χ3v) is 7.62. The van der Waals surface area contributed by atoms with E-state index in [9.17, 15) is 9.59 Å². The number of imide groups is 1. The van der Waals surface area contributed by atoms with E-state index in [1.165, 1.54) is 4.90 Å². The number of benzene rings is 1. The standard InChI is InChI=1S/C27H36N4O3/c1-4-27(22-13-16-30(17-14-22)20(2)19-23-7-5-6-15-28-23)25(32)31(26(33)29-27)18-12-21-8-10-24(34-3)11-9-21/h5-11,15,20,22H,4,12-14,16-19H2,1-3H3,(H,29,33)/t20-,27-/m1/s1.